The summed E-state index contributed by atoms with van der Waals surface area (Å²) >= 11 is 0. The first kappa shape index (κ1) is 110. The van der Waals surface area contributed by atoms with Gasteiger partial charge in [0.1, 0.15) is 171 Å². The van der Waals surface area contributed by atoms with E-state index in [1.165, 1.54) is 0 Å². The summed E-state index contributed by atoms with van der Waals surface area (Å²) in [6.07, 6.45) is -70.7. The van der Waals surface area contributed by atoms with Crippen LogP contribution in [0.5, 0.6) is 0 Å². The van der Waals surface area contributed by atoms with Crippen LogP contribution >= 0.6 is 0 Å². The van der Waals surface area contributed by atoms with Gasteiger partial charge in [-0.1, -0.05) is 36.5 Å². The maximum atomic E-state index is 13.4. The molecule has 0 radical (unpaired) electrons. The molecule has 812 valence electrons. The van der Waals surface area contributed by atoms with Crippen molar-refractivity contribution >= 4 is 41.4 Å². The lowest BCUT2D eigenvalue weighted by molar-refractivity contribution is -0.395. The number of nitrogens with two attached hydrogens (primary N) is 7. The zero-order valence-corrected chi connectivity index (χ0v) is 77.9. The summed E-state index contributed by atoms with van der Waals surface area (Å²) < 4.78 is 97.8. The van der Waals surface area contributed by atoms with E-state index in [0.717, 1.165) is 76.2 Å². The number of nitrogens with one attached hydrogen (secondary N) is 7. The third-order valence-electron chi connectivity index (χ3n) is 24.5. The second-order valence-electron chi connectivity index (χ2n) is 35.0. The number of aromatic nitrogens is 21. The van der Waals surface area contributed by atoms with Gasteiger partial charge in [-0.15, -0.1) is 35.7 Å². The molecule has 21 fully saturated rings. The van der Waals surface area contributed by atoms with E-state index < -0.39 is 302 Å². The van der Waals surface area contributed by atoms with Crippen LogP contribution in [0.1, 0.15) is 73.4 Å². The normalized spacial score (nSPS) is 34.3. The lowest BCUT2D eigenvalue weighted by atomic mass is 9.94. The predicted octanol–water partition coefficient (Wildman–Crippen LogP) is -22.3. The molecule has 70 nitrogen and oxygen atoms in total. The average Bonchev–Trinajstić information content (AvgIpc) is 1.74. The summed E-state index contributed by atoms with van der Waals surface area (Å²) in [7, 11) is 0. The molecular weight excluding hydrogens is 1980 g/mol. The number of nitrogens with zero attached hydrogens (tertiary/aromatic N) is 21. The number of carbonyl (C=O) groups is 7. The van der Waals surface area contributed by atoms with Gasteiger partial charge in [-0.2, -0.15) is 0 Å². The molecule has 0 spiro atoms. The minimum atomic E-state index is -2.46. The molecule has 35 N–H and O–H groups in total. The van der Waals surface area contributed by atoms with E-state index in [2.05, 4.69) is 109 Å². The highest BCUT2D eigenvalue weighted by Gasteiger charge is 2.61. The zero-order valence-electron chi connectivity index (χ0n) is 77.9. The Balaban J connectivity index is 0.852. The van der Waals surface area contributed by atoms with E-state index >= 15 is 0 Å². The number of ether oxygens (including phenoxy) is 14. The fourth-order valence-corrected chi connectivity index (χ4v) is 17.1. The minimum absolute atomic E-state index is 0.0199. The van der Waals surface area contributed by atoms with Gasteiger partial charge in [0, 0.05) is 91.6 Å². The van der Waals surface area contributed by atoms with Crippen LogP contribution in [0.2, 0.25) is 0 Å². The number of aliphatic hydroxyl groups excluding tert-OH is 14. The van der Waals surface area contributed by atoms with Gasteiger partial charge in [-0.3, -0.25) is 33.6 Å². The average molecular weight is 2100 g/mol. The second kappa shape index (κ2) is 50.0. The molecule has 7 aromatic rings. The highest BCUT2D eigenvalue weighted by Crippen LogP contribution is 2.41. The molecule has 0 aromatic carbocycles. The SMILES string of the molecule is NCCNC(=O)c1cn(CC2OC3OC4C(Cn5cc(C(=O)NCCN)nn5)OC(OC5C(Cn6cc(C(=O)NCCN)nn6)OC(OC6C(Cn7cc(C(=O)NCCN)nn7)OC(OC7C(Cn8cc(C(=O)NCCN)nn8)OC(OC8C(Cn9cc(C(=O)NCCN)nn9)OC(OC9C(Cn%10cc(C(=O)NCCN)nn%10)OC(OC2C(O)C3O)C(O)C9O)C(O)C8O)C(O)C7O)C(O)C6O)C(O)C5O)C(O)C4O)nn1. The maximum absolute atomic E-state index is 13.4. The summed E-state index contributed by atoms with van der Waals surface area (Å²) in [5.41, 5.74) is 37.4. The Labute approximate surface area is 827 Å². The van der Waals surface area contributed by atoms with Crippen molar-refractivity contribution in [2.75, 3.05) is 91.6 Å². The summed E-state index contributed by atoms with van der Waals surface area (Å²) in [5.74, 6) is -5.58. The molecule has 7 amide bonds. The third kappa shape index (κ3) is 25.8. The van der Waals surface area contributed by atoms with E-state index in [-0.39, 0.29) is 131 Å². The Bertz CT molecular complexity index is 4570. The van der Waals surface area contributed by atoms with Gasteiger partial charge in [0.05, 0.1) is 89.2 Å². The van der Waals surface area contributed by atoms with Gasteiger partial charge in [0.25, 0.3) is 41.4 Å². The van der Waals surface area contributed by atoms with Crippen LogP contribution in [-0.2, 0) is 112 Å². The maximum Gasteiger partial charge on any atom is 0.273 e. The molecule has 35 unspecified atom stereocenters. The van der Waals surface area contributed by atoms with Gasteiger partial charge < -0.3 is 215 Å². The molecule has 147 heavy (non-hydrogen) atoms. The van der Waals surface area contributed by atoms with Crippen molar-refractivity contribution in [3.8, 4) is 0 Å². The minimum Gasteiger partial charge on any atom is -0.387 e. The Hall–Kier alpha value is -11.1. The van der Waals surface area contributed by atoms with Crippen LogP contribution < -0.4 is 77.4 Å². The van der Waals surface area contributed by atoms with Crippen molar-refractivity contribution in [1.82, 2.24) is 142 Å². The monoisotopic (exact) mass is 2090 g/mol. The molecule has 28 heterocycles. The molecule has 7 aromatic heterocycles. The predicted molar refractivity (Wildman–Crippen MR) is 469 cm³/mol. The Morgan fingerprint density at radius 2 is 0.320 bits per heavy atom. The van der Waals surface area contributed by atoms with Gasteiger partial charge in [-0.05, 0) is 0 Å². The standard InChI is InChI=1S/C77H119N35O35/c78-1-8-85-64(127)29-15-106(99-92-29)22-36-57-43(113)50(120)71(134-36)142-58-37(23-107-16-30(93-100-107)65(128)86-9-2-79)136-73(52(122)45(58)115)144-60-39(25-109-18-32(95-102-109)67(130)88-11-4-81)138-75(54(124)47(60)117)146-62-41(27-111-20-34(97-104-111)69(132)90-13-6-83)140-77(56(126)49(62)119)147-63-42(28-112-21-35(98-105-112)70(133)91-14-7-84)139-76(55(125)48(63)118)145-61-40(26-110-19-33(96-103-110)68(131)89-12-5-82)137-74(53(123)46(61)116)143-59-38(135-72(141-57)51(121)44(59)114)24-108-17-31(94-101-108)66(129)87-10-3-80/h15-21,36-63,71-77,113-126H,1-14,22-28,78-84H2,(H,85,127)(H,86,128)(H,87,129)(H,88,130)(H,89,131)(H,90,132)(H,91,133). The molecule has 21 aliphatic rings. The molecule has 0 aliphatic carbocycles. The Morgan fingerprint density at radius 1 is 0.204 bits per heavy atom. The van der Waals surface area contributed by atoms with Gasteiger partial charge in [0.2, 0.25) is 0 Å². The molecule has 28 rings (SSSR count). The largest absolute Gasteiger partial charge is 0.387 e. The highest BCUT2D eigenvalue weighted by atomic mass is 16.8. The summed E-state index contributed by atoms with van der Waals surface area (Å²) in [4.78, 5) is 93.8. The first-order valence-electron chi connectivity index (χ1n) is 46.6. The molecular formula is C77H119N35O35. The summed E-state index contributed by atoms with van der Waals surface area (Å²) in [6, 6.07) is 0. The zero-order chi connectivity index (χ0) is 105. The smallest absolute Gasteiger partial charge is 0.273 e. The van der Waals surface area contributed by atoms with Crippen LogP contribution in [-0.4, -0.2) is 524 Å². The first-order valence-corrected chi connectivity index (χ1v) is 46.6. The fourth-order valence-electron chi connectivity index (χ4n) is 17.1. The number of hydrogen-bond acceptors (Lipinski definition) is 56. The Morgan fingerprint density at radius 3 is 0.429 bits per heavy atom. The molecule has 70 heteroatoms. The van der Waals surface area contributed by atoms with E-state index in [1.807, 2.05) is 0 Å². The van der Waals surface area contributed by atoms with Crippen molar-refractivity contribution in [1.29, 1.82) is 0 Å². The quantitative estimate of drug-likeness (QED) is 0.0175. The molecule has 14 bridgehead atoms. The van der Waals surface area contributed by atoms with Gasteiger partial charge in [0.15, 0.2) is 83.9 Å². The third-order valence-corrected chi connectivity index (χ3v) is 24.5. The van der Waals surface area contributed by atoms with Crippen LogP contribution in [0, 0.1) is 0 Å². The number of rotatable bonds is 35. The van der Waals surface area contributed by atoms with Gasteiger partial charge >= 0.3 is 0 Å². The lowest BCUT2D eigenvalue weighted by Crippen LogP contribution is -2.68. The van der Waals surface area contributed by atoms with E-state index in [0.29, 0.717) is 0 Å². The highest BCUT2D eigenvalue weighted by molar-refractivity contribution is 5.94. The number of aliphatic hydroxyl groups is 14. The number of carbonyl (C=O) groups excluding carboxylic acids is 7. The number of hydrogen-bond donors (Lipinski definition) is 28. The van der Waals surface area contributed by atoms with E-state index in [9.17, 15) is 105 Å². The molecule has 21 aliphatic heterocycles. The van der Waals surface area contributed by atoms with E-state index in [4.69, 9.17) is 106 Å². The lowest BCUT2D eigenvalue weighted by Gasteiger charge is -2.50. The van der Waals surface area contributed by atoms with Crippen molar-refractivity contribution in [2.24, 2.45) is 40.1 Å². The first-order chi connectivity index (χ1) is 70.7. The van der Waals surface area contributed by atoms with Crippen molar-refractivity contribution in [2.45, 2.75) is 261 Å². The summed E-state index contributed by atoms with van der Waals surface area (Å²) in [6.45, 7) is -5.57. The van der Waals surface area contributed by atoms with Crippen LogP contribution in [0.15, 0.2) is 43.4 Å². The van der Waals surface area contributed by atoms with Crippen LogP contribution in [0.3, 0.4) is 0 Å². The molecule has 35 atom stereocenters. The molecule has 0 saturated carbocycles. The van der Waals surface area contributed by atoms with Crippen molar-refractivity contribution in [3.05, 3.63) is 83.2 Å². The van der Waals surface area contributed by atoms with Crippen LogP contribution in [0.25, 0.3) is 0 Å². The topological polar surface area (TPSA) is 1010 Å². The van der Waals surface area contributed by atoms with E-state index in [1.54, 1.807) is 0 Å². The summed E-state index contributed by atoms with van der Waals surface area (Å²) in [5, 5.41) is 252. The van der Waals surface area contributed by atoms with Gasteiger partial charge in [-0.25, -0.2) is 32.8 Å². The Kier molecular flexibility index (Phi) is 37.4. The van der Waals surface area contributed by atoms with Crippen molar-refractivity contribution in [3.63, 3.8) is 0 Å². The fraction of sp³-hybridized carbons (Fsp3) is 0.727. The second-order valence-corrected chi connectivity index (χ2v) is 35.0. The van der Waals surface area contributed by atoms with Crippen LogP contribution in [0.4, 0.5) is 0 Å². The number of amides is 7. The molecule has 21 saturated heterocycles. The van der Waals surface area contributed by atoms with Crippen molar-refractivity contribution < 1.29 is 171 Å².